The average Bonchev–Trinajstić information content (AvgIpc) is 2.80. The van der Waals surface area contributed by atoms with Crippen LogP contribution in [0.1, 0.15) is 66.2 Å². The van der Waals surface area contributed by atoms with Crippen molar-refractivity contribution in [1.29, 1.82) is 0 Å². The van der Waals surface area contributed by atoms with Crippen LogP contribution in [-0.4, -0.2) is 34.8 Å². The second-order valence-corrected chi connectivity index (χ2v) is 6.82. The molecule has 0 fully saturated rings. The number of hydrogen-bond acceptors (Lipinski definition) is 6. The van der Waals surface area contributed by atoms with E-state index in [1.165, 1.54) is 0 Å². The lowest BCUT2D eigenvalue weighted by Crippen LogP contribution is -2.25. The topological polar surface area (TPSA) is 77.3 Å². The van der Waals surface area contributed by atoms with Crippen LogP contribution < -0.4 is 0 Å². The number of carbonyl (C=O) groups is 2. The maximum atomic E-state index is 11.5. The molecule has 22 heavy (non-hydrogen) atoms. The molecule has 6 nitrogen and oxygen atoms in total. The average molecular weight is 308 g/mol. The van der Waals surface area contributed by atoms with Gasteiger partial charge in [0.1, 0.15) is 0 Å². The number of ether oxygens (including phenoxy) is 2. The summed E-state index contributed by atoms with van der Waals surface area (Å²) in [4.78, 5) is 31.5. The molecule has 0 aromatic carbocycles. The van der Waals surface area contributed by atoms with Gasteiger partial charge in [0.25, 0.3) is 0 Å². The molecular weight excluding hydrogens is 284 g/mol. The van der Waals surface area contributed by atoms with E-state index in [1.54, 1.807) is 27.7 Å². The van der Waals surface area contributed by atoms with Crippen molar-refractivity contribution in [3.63, 3.8) is 0 Å². The number of aliphatic imine (C=N–C) groups is 2. The van der Waals surface area contributed by atoms with E-state index in [2.05, 4.69) is 9.98 Å². The molecule has 0 bridgehead atoms. The van der Waals surface area contributed by atoms with Crippen molar-refractivity contribution in [1.82, 2.24) is 0 Å². The number of rotatable bonds is 7. The monoisotopic (exact) mass is 308 g/mol. The number of nitrogens with zero attached hydrogens (tertiary/aromatic N) is 2. The van der Waals surface area contributed by atoms with Gasteiger partial charge in [0, 0.05) is 12.8 Å². The first-order chi connectivity index (χ1) is 10.2. The van der Waals surface area contributed by atoms with Crippen molar-refractivity contribution in [2.75, 3.05) is 0 Å². The van der Waals surface area contributed by atoms with Gasteiger partial charge in [-0.1, -0.05) is 12.8 Å². The summed E-state index contributed by atoms with van der Waals surface area (Å²) in [6.45, 7) is 7.03. The highest BCUT2D eigenvalue weighted by molar-refractivity contribution is 6.00. The molecule has 0 N–H and O–H groups in total. The molecule has 2 aliphatic rings. The van der Waals surface area contributed by atoms with Crippen LogP contribution in [0.4, 0.5) is 0 Å². The third kappa shape index (κ3) is 3.93. The molecule has 0 aromatic rings. The van der Waals surface area contributed by atoms with Crippen molar-refractivity contribution in [2.24, 2.45) is 9.98 Å². The van der Waals surface area contributed by atoms with Crippen LogP contribution >= 0.6 is 0 Å². The summed E-state index contributed by atoms with van der Waals surface area (Å²) in [5.74, 6) is 0.550. The number of cyclic esters (lactones) is 2. The Morgan fingerprint density at radius 3 is 1.36 bits per heavy atom. The smallest absolute Gasteiger partial charge is 0.340 e. The van der Waals surface area contributed by atoms with Gasteiger partial charge >= 0.3 is 11.9 Å². The van der Waals surface area contributed by atoms with Crippen LogP contribution in [0.25, 0.3) is 0 Å². The second-order valence-electron chi connectivity index (χ2n) is 6.82. The molecular formula is C16H24N2O4. The van der Waals surface area contributed by atoms with Gasteiger partial charge < -0.3 is 9.47 Å². The summed E-state index contributed by atoms with van der Waals surface area (Å²) in [6.07, 6.45) is 5.28. The van der Waals surface area contributed by atoms with Gasteiger partial charge in [-0.3, -0.25) is 0 Å². The van der Waals surface area contributed by atoms with Gasteiger partial charge in [0.15, 0.2) is 22.9 Å². The molecule has 0 unspecified atom stereocenters. The minimum atomic E-state index is -0.730. The molecule has 2 aliphatic heterocycles. The van der Waals surface area contributed by atoms with E-state index in [1.807, 2.05) is 0 Å². The fourth-order valence-electron chi connectivity index (χ4n) is 2.34. The van der Waals surface area contributed by atoms with Crippen LogP contribution in [0.2, 0.25) is 0 Å². The first-order valence-corrected chi connectivity index (χ1v) is 7.83. The minimum Gasteiger partial charge on any atom is -0.410 e. The molecule has 0 spiro atoms. The van der Waals surface area contributed by atoms with Gasteiger partial charge in [-0.25, -0.2) is 19.6 Å². The maximum Gasteiger partial charge on any atom is 0.340 e. The van der Waals surface area contributed by atoms with Crippen molar-refractivity contribution in [2.45, 2.75) is 77.3 Å². The number of hydrogen-bond donors (Lipinski definition) is 0. The highest BCUT2D eigenvalue weighted by Gasteiger charge is 2.37. The third-order valence-electron chi connectivity index (χ3n) is 3.76. The van der Waals surface area contributed by atoms with Crippen LogP contribution in [0.5, 0.6) is 0 Å². The predicted molar refractivity (Wildman–Crippen MR) is 82.9 cm³/mol. The third-order valence-corrected chi connectivity index (χ3v) is 3.76. The van der Waals surface area contributed by atoms with Crippen molar-refractivity contribution in [3.05, 3.63) is 0 Å². The molecule has 0 amide bonds. The fourth-order valence-corrected chi connectivity index (χ4v) is 2.34. The number of esters is 2. The standard InChI is InChI=1S/C16H24N2O4/c1-15(2)13(19)21-11(17-15)9-7-5-6-8-10-12-18-16(3,4)14(20)22-12/h5-10H2,1-4H3. The van der Waals surface area contributed by atoms with E-state index in [4.69, 9.17) is 9.47 Å². The Hall–Kier alpha value is -1.72. The summed E-state index contributed by atoms with van der Waals surface area (Å²) in [5.41, 5.74) is -1.46. The molecule has 0 aliphatic carbocycles. The molecule has 0 saturated heterocycles. The lowest BCUT2D eigenvalue weighted by molar-refractivity contribution is -0.138. The van der Waals surface area contributed by atoms with Gasteiger partial charge in [-0.15, -0.1) is 0 Å². The largest absolute Gasteiger partial charge is 0.410 e. The van der Waals surface area contributed by atoms with E-state index in [0.29, 0.717) is 24.6 Å². The second kappa shape index (κ2) is 6.18. The molecule has 0 radical (unpaired) electrons. The maximum absolute atomic E-state index is 11.5. The molecule has 0 saturated carbocycles. The van der Waals surface area contributed by atoms with Crippen LogP contribution in [0.15, 0.2) is 9.98 Å². The van der Waals surface area contributed by atoms with E-state index in [-0.39, 0.29) is 11.9 Å². The Bertz CT molecular complexity index is 484. The van der Waals surface area contributed by atoms with Gasteiger partial charge in [0.2, 0.25) is 0 Å². The Labute approximate surface area is 131 Å². The van der Waals surface area contributed by atoms with Crippen molar-refractivity contribution in [3.8, 4) is 0 Å². The van der Waals surface area contributed by atoms with E-state index in [0.717, 1.165) is 25.7 Å². The molecule has 6 heteroatoms. The lowest BCUT2D eigenvalue weighted by Gasteiger charge is -2.05. The van der Waals surface area contributed by atoms with Crippen molar-refractivity contribution >= 4 is 23.7 Å². The first kappa shape index (κ1) is 16.6. The normalized spacial score (nSPS) is 22.2. The lowest BCUT2D eigenvalue weighted by atomic mass is 10.1. The zero-order valence-corrected chi connectivity index (χ0v) is 13.8. The van der Waals surface area contributed by atoms with Gasteiger partial charge in [0.05, 0.1) is 0 Å². The SMILES string of the molecule is CC1(C)N=C(CCCCCCC2=NC(C)(C)C(=O)O2)OC1=O. The molecule has 2 rings (SSSR count). The Kier molecular flexibility index (Phi) is 4.68. The summed E-state index contributed by atoms with van der Waals surface area (Å²) in [5, 5.41) is 0. The summed E-state index contributed by atoms with van der Waals surface area (Å²) < 4.78 is 10.3. The minimum absolute atomic E-state index is 0.272. The molecule has 0 atom stereocenters. The van der Waals surface area contributed by atoms with Crippen LogP contribution in [-0.2, 0) is 19.1 Å². The predicted octanol–water partition coefficient (Wildman–Crippen LogP) is 2.79. The van der Waals surface area contributed by atoms with Crippen LogP contribution in [0, 0.1) is 0 Å². The zero-order chi connectivity index (χ0) is 16.4. The molecule has 0 aromatic heterocycles. The van der Waals surface area contributed by atoms with Gasteiger partial charge in [-0.05, 0) is 40.5 Å². The Balaban J connectivity index is 1.60. The van der Waals surface area contributed by atoms with E-state index >= 15 is 0 Å². The van der Waals surface area contributed by atoms with Crippen molar-refractivity contribution < 1.29 is 19.1 Å². The highest BCUT2D eigenvalue weighted by atomic mass is 16.6. The summed E-state index contributed by atoms with van der Waals surface area (Å²) in [6, 6.07) is 0. The number of carbonyl (C=O) groups excluding carboxylic acids is 2. The quantitative estimate of drug-likeness (QED) is 0.535. The number of unbranched alkanes of at least 4 members (excludes halogenated alkanes) is 3. The Morgan fingerprint density at radius 2 is 1.09 bits per heavy atom. The van der Waals surface area contributed by atoms with E-state index < -0.39 is 11.1 Å². The zero-order valence-electron chi connectivity index (χ0n) is 13.8. The highest BCUT2D eigenvalue weighted by Crippen LogP contribution is 2.23. The van der Waals surface area contributed by atoms with Gasteiger partial charge in [-0.2, -0.15) is 0 Å². The fraction of sp³-hybridized carbons (Fsp3) is 0.750. The van der Waals surface area contributed by atoms with E-state index in [9.17, 15) is 9.59 Å². The molecule has 2 heterocycles. The Morgan fingerprint density at radius 1 is 0.727 bits per heavy atom. The molecule has 122 valence electrons. The first-order valence-electron chi connectivity index (χ1n) is 7.83. The summed E-state index contributed by atoms with van der Waals surface area (Å²) in [7, 11) is 0. The van der Waals surface area contributed by atoms with Crippen LogP contribution in [0.3, 0.4) is 0 Å². The summed E-state index contributed by atoms with van der Waals surface area (Å²) >= 11 is 0.